The minimum absolute atomic E-state index is 0.0129. The lowest BCUT2D eigenvalue weighted by molar-refractivity contribution is -0.131. The minimum atomic E-state index is -0.620. The first kappa shape index (κ1) is 44.0. The van der Waals surface area contributed by atoms with Gasteiger partial charge in [-0.25, -0.2) is 0 Å². The molecule has 3 atom stereocenters. The van der Waals surface area contributed by atoms with Crippen molar-refractivity contribution in [1.82, 2.24) is 25.1 Å². The predicted octanol–water partition coefficient (Wildman–Crippen LogP) is 7.00. The van der Waals surface area contributed by atoms with E-state index in [4.69, 9.17) is 20.2 Å². The number of carbonyl (C=O) groups is 2. The summed E-state index contributed by atoms with van der Waals surface area (Å²) in [6, 6.07) is 15.4. The number of rotatable bonds is 22. The molecule has 304 valence electrons. The number of aromatic hydroxyl groups is 1. The van der Waals surface area contributed by atoms with E-state index in [2.05, 4.69) is 85.6 Å². The molecule has 0 radical (unpaired) electrons. The summed E-state index contributed by atoms with van der Waals surface area (Å²) >= 11 is 0. The third kappa shape index (κ3) is 10.8. The first-order valence-electron chi connectivity index (χ1n) is 19.8. The number of amides is 1. The molecule has 0 bridgehead atoms. The van der Waals surface area contributed by atoms with Crippen LogP contribution in [0.25, 0.3) is 33.3 Å². The fraction of sp³-hybridized carbons (Fsp3) is 0.489. The molecule has 56 heavy (non-hydrogen) atoms. The van der Waals surface area contributed by atoms with E-state index in [0.29, 0.717) is 38.9 Å². The lowest BCUT2D eigenvalue weighted by Crippen LogP contribution is -2.49. The maximum atomic E-state index is 13.7. The molecule has 0 spiro atoms. The first-order chi connectivity index (χ1) is 26.7. The van der Waals surface area contributed by atoms with Gasteiger partial charge in [-0.1, -0.05) is 46.4 Å². The fourth-order valence-electron chi connectivity index (χ4n) is 7.89. The number of methoxy groups -OCH3 is 1. The van der Waals surface area contributed by atoms with E-state index in [0.717, 1.165) is 68.6 Å². The SMILES string of the molecule is C=C(NC(Cc1cc(O)cc(-c2ccc3c(c2)c(CC(C)(C)COC=O)c(-c2cccnc2C(C)OC)n3CC)c1)C(=O)NCCCCN)C(C(C)C)N(C)C. The summed E-state index contributed by atoms with van der Waals surface area (Å²) in [5.41, 5.74) is 13.7. The van der Waals surface area contributed by atoms with Crippen molar-refractivity contribution in [2.45, 2.75) is 92.0 Å². The number of pyridine rings is 1. The van der Waals surface area contributed by atoms with Gasteiger partial charge in [-0.15, -0.1) is 0 Å². The molecule has 2 heterocycles. The highest BCUT2D eigenvalue weighted by molar-refractivity contribution is 5.95. The maximum Gasteiger partial charge on any atom is 0.293 e. The van der Waals surface area contributed by atoms with Crippen LogP contribution in [-0.2, 0) is 38.4 Å². The minimum Gasteiger partial charge on any atom is -0.508 e. The number of aromatic nitrogens is 2. The highest BCUT2D eigenvalue weighted by atomic mass is 16.5. The molecule has 1 amide bonds. The zero-order chi connectivity index (χ0) is 41.2. The van der Waals surface area contributed by atoms with Gasteiger partial charge in [0.05, 0.1) is 30.1 Å². The zero-order valence-electron chi connectivity index (χ0n) is 34.9. The fourth-order valence-corrected chi connectivity index (χ4v) is 7.89. The van der Waals surface area contributed by atoms with E-state index in [-0.39, 0.29) is 41.7 Å². The Morgan fingerprint density at radius 1 is 1.11 bits per heavy atom. The Kier molecular flexibility index (Phi) is 15.7. The Hall–Kier alpha value is -4.71. The number of fused-ring (bicyclic) bond motifs is 1. The van der Waals surface area contributed by atoms with Crippen LogP contribution >= 0.6 is 0 Å². The number of aryl methyl sites for hydroxylation is 1. The molecular formula is C45H64N6O5. The highest BCUT2D eigenvalue weighted by Crippen LogP contribution is 2.42. The molecule has 3 unspecified atom stereocenters. The molecule has 0 saturated carbocycles. The number of likely N-dealkylation sites (N-methyl/N-ethyl adjacent to an activating group) is 1. The number of ether oxygens (including phenoxy) is 2. The lowest BCUT2D eigenvalue weighted by atomic mass is 9.84. The smallest absolute Gasteiger partial charge is 0.293 e. The summed E-state index contributed by atoms with van der Waals surface area (Å²) in [6.07, 6.45) is 4.12. The van der Waals surface area contributed by atoms with Gasteiger partial charge in [-0.3, -0.25) is 14.6 Å². The molecule has 0 aliphatic carbocycles. The Labute approximate surface area is 333 Å². The molecular weight excluding hydrogens is 705 g/mol. The normalized spacial score (nSPS) is 13.5. The monoisotopic (exact) mass is 768 g/mol. The average Bonchev–Trinajstić information content (AvgIpc) is 3.45. The van der Waals surface area contributed by atoms with E-state index in [1.165, 1.54) is 0 Å². The van der Waals surface area contributed by atoms with Crippen molar-refractivity contribution in [3.05, 3.63) is 83.8 Å². The largest absolute Gasteiger partial charge is 0.508 e. The molecule has 0 fully saturated rings. The summed E-state index contributed by atoms with van der Waals surface area (Å²) in [7, 11) is 5.71. The highest BCUT2D eigenvalue weighted by Gasteiger charge is 2.29. The van der Waals surface area contributed by atoms with Crippen molar-refractivity contribution in [2.75, 3.05) is 40.9 Å². The van der Waals surface area contributed by atoms with Crippen molar-refractivity contribution in [2.24, 2.45) is 17.1 Å². The van der Waals surface area contributed by atoms with Crippen LogP contribution in [0.5, 0.6) is 5.75 Å². The molecule has 0 aliphatic heterocycles. The Bertz CT molecular complexity index is 1940. The standard InChI is InChI=1S/C45H64N6O5/c1-11-51-40-17-16-33(25-37(40)38(26-45(6,7)27-56-28-52)43(51)36-15-14-20-47-41(36)31(5)55-10)34-21-32(22-35(53)24-34)23-39(44(54)48-19-13-12-18-46)49-30(4)42(29(2)3)50(8)9/h14-17,20-22,24-25,28-29,31,39,42,49,53H,4,11-13,18-19,23,26-27,46H2,1-3,5-10H3,(H,48,54). The Morgan fingerprint density at radius 3 is 2.50 bits per heavy atom. The first-order valence-corrected chi connectivity index (χ1v) is 19.8. The second-order valence-corrected chi connectivity index (χ2v) is 16.1. The number of phenols is 1. The van der Waals surface area contributed by atoms with Gasteiger partial charge in [0.1, 0.15) is 11.8 Å². The molecule has 4 rings (SSSR count). The summed E-state index contributed by atoms with van der Waals surface area (Å²) in [5.74, 6) is 0.247. The summed E-state index contributed by atoms with van der Waals surface area (Å²) in [5, 5.41) is 18.7. The number of hydrogen-bond acceptors (Lipinski definition) is 9. The average molecular weight is 769 g/mol. The van der Waals surface area contributed by atoms with E-state index >= 15 is 0 Å². The van der Waals surface area contributed by atoms with Gasteiger partial charge in [0, 0.05) is 60.4 Å². The van der Waals surface area contributed by atoms with Crippen molar-refractivity contribution < 1.29 is 24.2 Å². The van der Waals surface area contributed by atoms with E-state index in [1.54, 1.807) is 25.4 Å². The van der Waals surface area contributed by atoms with E-state index in [9.17, 15) is 14.7 Å². The number of nitrogens with one attached hydrogen (secondary N) is 2. The Balaban J connectivity index is 1.85. The quantitative estimate of drug-likeness (QED) is 0.0491. The number of phenolic OH excluding ortho intramolecular Hbond substituents is 1. The number of nitrogens with zero attached hydrogens (tertiary/aromatic N) is 3. The van der Waals surface area contributed by atoms with Gasteiger partial charge < -0.3 is 40.4 Å². The topological polar surface area (TPSA) is 144 Å². The van der Waals surface area contributed by atoms with Gasteiger partial charge in [-0.05, 0) is 118 Å². The van der Waals surface area contributed by atoms with E-state index in [1.807, 2.05) is 33.2 Å². The summed E-state index contributed by atoms with van der Waals surface area (Å²) in [6.45, 7) is 19.5. The number of hydrogen-bond donors (Lipinski definition) is 4. The molecule has 5 N–H and O–H groups in total. The number of nitrogens with two attached hydrogens (primary N) is 1. The Morgan fingerprint density at radius 2 is 1.86 bits per heavy atom. The molecule has 2 aromatic carbocycles. The van der Waals surface area contributed by atoms with Crippen LogP contribution in [-0.4, -0.2) is 84.9 Å². The summed E-state index contributed by atoms with van der Waals surface area (Å²) < 4.78 is 13.4. The second-order valence-electron chi connectivity index (χ2n) is 16.1. The van der Waals surface area contributed by atoms with Gasteiger partial charge in [0.25, 0.3) is 6.47 Å². The van der Waals surface area contributed by atoms with Gasteiger partial charge in [0.2, 0.25) is 5.91 Å². The number of unbranched alkanes of at least 4 members (excludes halogenated alkanes) is 1. The second kappa shape index (κ2) is 19.9. The van der Waals surface area contributed by atoms with Crippen LogP contribution in [0.15, 0.2) is 67.0 Å². The van der Waals surface area contributed by atoms with Gasteiger partial charge >= 0.3 is 0 Å². The summed E-state index contributed by atoms with van der Waals surface area (Å²) in [4.78, 5) is 31.9. The van der Waals surface area contributed by atoms with Crippen LogP contribution < -0.4 is 16.4 Å². The van der Waals surface area contributed by atoms with Crippen LogP contribution in [0.4, 0.5) is 0 Å². The lowest BCUT2D eigenvalue weighted by Gasteiger charge is -2.32. The van der Waals surface area contributed by atoms with Gasteiger partial charge in [0.15, 0.2) is 0 Å². The third-order valence-electron chi connectivity index (χ3n) is 10.4. The van der Waals surface area contributed by atoms with Crippen molar-refractivity contribution in [3.63, 3.8) is 0 Å². The van der Waals surface area contributed by atoms with Gasteiger partial charge in [-0.2, -0.15) is 0 Å². The van der Waals surface area contributed by atoms with Crippen molar-refractivity contribution in [3.8, 4) is 28.1 Å². The number of benzene rings is 2. The predicted molar refractivity (Wildman–Crippen MR) is 226 cm³/mol. The van der Waals surface area contributed by atoms with Crippen LogP contribution in [0.1, 0.15) is 77.3 Å². The van der Waals surface area contributed by atoms with Crippen molar-refractivity contribution in [1.29, 1.82) is 0 Å². The molecule has 0 saturated heterocycles. The van der Waals surface area contributed by atoms with Crippen LogP contribution in [0, 0.1) is 11.3 Å². The molecule has 4 aromatic rings. The van der Waals surface area contributed by atoms with Crippen LogP contribution in [0.3, 0.4) is 0 Å². The third-order valence-corrected chi connectivity index (χ3v) is 10.4. The molecule has 11 heteroatoms. The molecule has 2 aromatic heterocycles. The number of carbonyl (C=O) groups excluding carboxylic acids is 2. The molecule has 11 nitrogen and oxygen atoms in total. The van der Waals surface area contributed by atoms with E-state index < -0.39 is 6.04 Å². The van der Waals surface area contributed by atoms with Crippen LogP contribution in [0.2, 0.25) is 0 Å². The maximum absolute atomic E-state index is 13.7. The van der Waals surface area contributed by atoms with Crippen molar-refractivity contribution >= 4 is 23.3 Å². The molecule has 0 aliphatic rings. The zero-order valence-corrected chi connectivity index (χ0v) is 34.9.